The monoisotopic (exact) mass is 516 g/mol. The molecule has 1 amide bonds. The number of carboxylic acid groups (broad SMARTS) is 2. The van der Waals surface area contributed by atoms with Crippen molar-refractivity contribution in [2.45, 2.75) is 50.1 Å². The van der Waals surface area contributed by atoms with Gasteiger partial charge >= 0.3 is 24.3 Å². The quantitative estimate of drug-likeness (QED) is 0.467. The fraction of sp³-hybridized carbons (Fsp3) is 0.600. The Morgan fingerprint density at radius 3 is 1.94 bits per heavy atom. The summed E-state index contributed by atoms with van der Waals surface area (Å²) in [5.74, 6) is -5.21. The lowest BCUT2D eigenvalue weighted by atomic mass is 9.85. The van der Waals surface area contributed by atoms with E-state index in [1.807, 2.05) is 24.0 Å². The number of aliphatic carboxylic acids is 2. The summed E-state index contributed by atoms with van der Waals surface area (Å²) in [5.41, 5.74) is 1.36. The van der Waals surface area contributed by atoms with Gasteiger partial charge in [0.15, 0.2) is 0 Å². The summed E-state index contributed by atoms with van der Waals surface area (Å²) in [7, 11) is 1.95. The van der Waals surface area contributed by atoms with E-state index in [4.69, 9.17) is 19.8 Å². The maximum absolute atomic E-state index is 12.1. The van der Waals surface area contributed by atoms with E-state index >= 15 is 0 Å². The molecule has 9 nitrogen and oxygen atoms in total. The second kappa shape index (κ2) is 12.0. The number of piperidine rings is 1. The highest BCUT2D eigenvalue weighted by atomic mass is 19.4. The van der Waals surface area contributed by atoms with Gasteiger partial charge in [-0.1, -0.05) is 6.08 Å². The molecule has 1 spiro atoms. The van der Waals surface area contributed by atoms with E-state index in [9.17, 15) is 31.1 Å². The van der Waals surface area contributed by atoms with Crippen molar-refractivity contribution >= 4 is 17.8 Å². The summed E-state index contributed by atoms with van der Waals surface area (Å²) < 4.78 is 65.3. The number of aromatic nitrogens is 2. The van der Waals surface area contributed by atoms with Crippen molar-refractivity contribution in [1.82, 2.24) is 19.6 Å². The SMILES string of the molecule is C=CCN1C(=O)CCC12CCN(Cc1cnn(C)c1)CC2.O=C(O)C(F)(F)F.O=C(O)C(F)(F)F. The number of alkyl halides is 6. The Kier molecular flexibility index (Phi) is 10.3. The first-order valence-electron chi connectivity index (χ1n) is 10.2. The van der Waals surface area contributed by atoms with Crippen LogP contribution in [0.25, 0.3) is 0 Å². The van der Waals surface area contributed by atoms with Gasteiger partial charge in [0.1, 0.15) is 0 Å². The second-order valence-corrected chi connectivity index (χ2v) is 7.92. The first-order chi connectivity index (χ1) is 16.0. The molecule has 0 aliphatic carbocycles. The van der Waals surface area contributed by atoms with Gasteiger partial charge in [0.05, 0.1) is 6.20 Å². The van der Waals surface area contributed by atoms with E-state index in [1.54, 1.807) is 0 Å². The summed E-state index contributed by atoms with van der Waals surface area (Å²) in [6, 6.07) is 0. The number of aryl methyl sites for hydroxylation is 1. The van der Waals surface area contributed by atoms with Gasteiger partial charge in [0, 0.05) is 56.9 Å². The molecule has 3 rings (SSSR count). The van der Waals surface area contributed by atoms with Gasteiger partial charge in [-0.15, -0.1) is 6.58 Å². The number of carboxylic acids is 2. The molecule has 3 heterocycles. The lowest BCUT2D eigenvalue weighted by Gasteiger charge is -2.44. The third-order valence-electron chi connectivity index (χ3n) is 5.43. The Balaban J connectivity index is 0.000000362. The maximum Gasteiger partial charge on any atom is 0.490 e. The van der Waals surface area contributed by atoms with Gasteiger partial charge in [0.25, 0.3) is 0 Å². The molecule has 0 bridgehead atoms. The summed E-state index contributed by atoms with van der Waals surface area (Å²) in [5, 5.41) is 18.5. The van der Waals surface area contributed by atoms with Crippen molar-refractivity contribution in [2.24, 2.45) is 7.05 Å². The van der Waals surface area contributed by atoms with Gasteiger partial charge in [-0.25, -0.2) is 9.59 Å². The largest absolute Gasteiger partial charge is 0.490 e. The van der Waals surface area contributed by atoms with Gasteiger partial charge in [-0.3, -0.25) is 14.4 Å². The van der Waals surface area contributed by atoms with Crippen LogP contribution in [-0.4, -0.2) is 85.2 Å². The molecule has 1 aromatic rings. The van der Waals surface area contributed by atoms with Crippen LogP contribution in [-0.2, 0) is 28.0 Å². The van der Waals surface area contributed by atoms with E-state index in [0.29, 0.717) is 18.9 Å². The van der Waals surface area contributed by atoms with Crippen LogP contribution in [0.3, 0.4) is 0 Å². The average Bonchev–Trinajstić information content (AvgIpc) is 3.28. The van der Waals surface area contributed by atoms with Gasteiger partial charge in [-0.05, 0) is 19.3 Å². The molecule has 0 aromatic carbocycles. The summed E-state index contributed by atoms with van der Waals surface area (Å²) in [4.78, 5) is 34.4. The van der Waals surface area contributed by atoms with Crippen LogP contribution in [0.1, 0.15) is 31.2 Å². The zero-order chi connectivity index (χ0) is 27.0. The highest BCUT2D eigenvalue weighted by molar-refractivity contribution is 5.80. The zero-order valence-corrected chi connectivity index (χ0v) is 18.8. The second-order valence-electron chi connectivity index (χ2n) is 7.92. The molecule has 0 saturated carbocycles. The first kappa shape index (κ1) is 29.9. The summed E-state index contributed by atoms with van der Waals surface area (Å²) in [6.45, 7) is 7.55. The Morgan fingerprint density at radius 2 is 1.57 bits per heavy atom. The van der Waals surface area contributed by atoms with Gasteiger partial charge in [0.2, 0.25) is 5.91 Å². The number of carbonyl (C=O) groups excluding carboxylic acids is 1. The normalized spacial score (nSPS) is 17.8. The van der Waals surface area contributed by atoms with Crippen molar-refractivity contribution in [1.29, 1.82) is 0 Å². The zero-order valence-electron chi connectivity index (χ0n) is 18.8. The van der Waals surface area contributed by atoms with Crippen molar-refractivity contribution in [2.75, 3.05) is 19.6 Å². The number of likely N-dealkylation sites (tertiary alicyclic amines) is 2. The van der Waals surface area contributed by atoms with Crippen molar-refractivity contribution in [3.8, 4) is 0 Å². The number of amides is 1. The van der Waals surface area contributed by atoms with Gasteiger partial charge in [-0.2, -0.15) is 31.4 Å². The molecule has 0 radical (unpaired) electrons. The first-order valence-corrected chi connectivity index (χ1v) is 10.2. The molecular weight excluding hydrogens is 490 g/mol. The molecule has 0 atom stereocenters. The van der Waals surface area contributed by atoms with Crippen LogP contribution in [0.2, 0.25) is 0 Å². The topological polar surface area (TPSA) is 116 Å². The minimum Gasteiger partial charge on any atom is -0.475 e. The third kappa shape index (κ3) is 9.22. The van der Waals surface area contributed by atoms with E-state index in [1.165, 1.54) is 5.56 Å². The molecule has 2 saturated heterocycles. The lowest BCUT2D eigenvalue weighted by Crippen LogP contribution is -2.52. The summed E-state index contributed by atoms with van der Waals surface area (Å²) in [6.07, 6.45) is -0.426. The molecule has 15 heteroatoms. The number of rotatable bonds is 4. The lowest BCUT2D eigenvalue weighted by molar-refractivity contribution is -0.193. The number of carbonyl (C=O) groups is 3. The molecule has 1 aromatic heterocycles. The smallest absolute Gasteiger partial charge is 0.475 e. The highest BCUT2D eigenvalue weighted by Gasteiger charge is 2.46. The third-order valence-corrected chi connectivity index (χ3v) is 5.43. The van der Waals surface area contributed by atoms with E-state index in [-0.39, 0.29) is 5.54 Å². The molecule has 198 valence electrons. The predicted molar refractivity (Wildman–Crippen MR) is 109 cm³/mol. The fourth-order valence-corrected chi connectivity index (χ4v) is 3.76. The van der Waals surface area contributed by atoms with Crippen LogP contribution >= 0.6 is 0 Å². The van der Waals surface area contributed by atoms with Crippen LogP contribution < -0.4 is 0 Å². The Morgan fingerprint density at radius 1 is 1.09 bits per heavy atom. The highest BCUT2D eigenvalue weighted by Crippen LogP contribution is 2.39. The van der Waals surface area contributed by atoms with E-state index in [2.05, 4.69) is 27.7 Å². The minimum atomic E-state index is -5.08. The van der Waals surface area contributed by atoms with Crippen LogP contribution in [0.15, 0.2) is 25.0 Å². The predicted octanol–water partition coefficient (Wildman–Crippen LogP) is 2.83. The molecular formula is C20H26F6N4O5. The average molecular weight is 516 g/mol. The Bertz CT molecular complexity index is 867. The number of nitrogens with zero attached hydrogens (tertiary/aromatic N) is 4. The molecule has 2 aliphatic heterocycles. The van der Waals surface area contributed by atoms with Gasteiger partial charge < -0.3 is 15.1 Å². The van der Waals surface area contributed by atoms with E-state index in [0.717, 1.165) is 38.9 Å². The molecule has 35 heavy (non-hydrogen) atoms. The summed E-state index contributed by atoms with van der Waals surface area (Å²) >= 11 is 0. The minimum absolute atomic E-state index is 0.0940. The number of hydrogen-bond donors (Lipinski definition) is 2. The fourth-order valence-electron chi connectivity index (χ4n) is 3.76. The van der Waals surface area contributed by atoms with Crippen molar-refractivity contribution in [3.05, 3.63) is 30.6 Å². The van der Waals surface area contributed by atoms with Crippen LogP contribution in [0, 0.1) is 0 Å². The molecule has 2 fully saturated rings. The van der Waals surface area contributed by atoms with Crippen LogP contribution in [0.4, 0.5) is 26.3 Å². The van der Waals surface area contributed by atoms with E-state index < -0.39 is 24.3 Å². The molecule has 2 N–H and O–H groups in total. The standard InChI is InChI=1S/C16H24N4O.2C2HF3O2/c1-3-8-20-15(21)4-5-16(20)6-9-19(10-7-16)13-14-11-17-18(2)12-14;2*3-2(4,5)1(6)7/h3,11-12H,1,4-10,13H2,2H3;2*(H,6,7). The molecule has 2 aliphatic rings. The van der Waals surface area contributed by atoms with Crippen LogP contribution in [0.5, 0.6) is 0 Å². The number of hydrogen-bond acceptors (Lipinski definition) is 5. The molecule has 0 unspecified atom stereocenters. The Labute approximate surface area is 196 Å². The van der Waals surface area contributed by atoms with Crippen molar-refractivity contribution in [3.63, 3.8) is 0 Å². The maximum atomic E-state index is 12.1. The number of halogens is 6. The van der Waals surface area contributed by atoms with Crippen molar-refractivity contribution < 1.29 is 50.9 Å². The Hall–Kier alpha value is -3.10.